The summed E-state index contributed by atoms with van der Waals surface area (Å²) >= 11 is 3.15. The summed E-state index contributed by atoms with van der Waals surface area (Å²) in [4.78, 5) is 27.3. The second kappa shape index (κ2) is 7.79. The number of urea groups is 1. The quantitative estimate of drug-likeness (QED) is 0.527. The van der Waals surface area contributed by atoms with Crippen LogP contribution in [0.4, 0.5) is 4.79 Å². The summed E-state index contributed by atoms with van der Waals surface area (Å²) in [6, 6.07) is 3.24. The Morgan fingerprint density at radius 3 is 3.05 bits per heavy atom. The summed E-state index contributed by atoms with van der Waals surface area (Å²) in [6.45, 7) is 0. The molecule has 0 aliphatic heterocycles. The molecule has 3 amide bonds. The molecule has 0 unspecified atom stereocenters. The molecule has 0 fully saturated rings. The number of aromatic amines is 1. The fraction of sp³-hybridized carbons (Fsp3) is 0.333. The van der Waals surface area contributed by atoms with Crippen LogP contribution in [0, 0.1) is 0 Å². The molecule has 0 saturated carbocycles. The van der Waals surface area contributed by atoms with Gasteiger partial charge in [0.2, 0.25) is 11.1 Å². The first-order valence-electron chi connectivity index (χ1n) is 6.29. The Morgan fingerprint density at radius 2 is 2.33 bits per heavy atom. The highest BCUT2D eigenvalue weighted by atomic mass is 32.2. The number of thioether (sulfide) groups is 1. The number of H-pyrrole nitrogens is 1. The van der Waals surface area contributed by atoms with Crippen LogP contribution >= 0.6 is 23.1 Å². The largest absolute Gasteiger partial charge is 0.351 e. The van der Waals surface area contributed by atoms with Crippen LogP contribution in [0.2, 0.25) is 0 Å². The molecular weight excluding hydrogens is 310 g/mol. The molecule has 0 aliphatic rings. The summed E-state index contributed by atoms with van der Waals surface area (Å²) in [5, 5.41) is 11.7. The zero-order valence-corrected chi connectivity index (χ0v) is 12.8. The molecule has 0 atom stereocenters. The van der Waals surface area contributed by atoms with Gasteiger partial charge in [-0.3, -0.25) is 15.2 Å². The van der Waals surface area contributed by atoms with Crippen LogP contribution in [0.25, 0.3) is 0 Å². The molecular formula is C12H15N5O2S2. The van der Waals surface area contributed by atoms with Crippen molar-refractivity contribution in [2.45, 2.75) is 24.4 Å². The standard InChI is InChI=1S/C12H15N5O2S2/c13-11(19)15-10(18)4-2-6-21-12-14-9(16-17-12)7-8-3-1-5-20-8/h1,3,5H,2,4,6-7H2,(H,14,16,17)(H3,13,15,18,19). The van der Waals surface area contributed by atoms with E-state index in [4.69, 9.17) is 5.73 Å². The Bertz CT molecular complexity index is 597. The third-order valence-corrected chi connectivity index (χ3v) is 4.28. The minimum absolute atomic E-state index is 0.252. The number of hydrogen-bond donors (Lipinski definition) is 3. The second-order valence-electron chi connectivity index (χ2n) is 4.19. The van der Waals surface area contributed by atoms with Gasteiger partial charge in [-0.05, 0) is 17.9 Å². The molecule has 2 rings (SSSR count). The molecule has 112 valence electrons. The maximum atomic E-state index is 11.2. The van der Waals surface area contributed by atoms with E-state index in [9.17, 15) is 9.59 Å². The van der Waals surface area contributed by atoms with E-state index < -0.39 is 6.03 Å². The first kappa shape index (κ1) is 15.5. The van der Waals surface area contributed by atoms with E-state index in [1.54, 1.807) is 11.3 Å². The van der Waals surface area contributed by atoms with Crippen LogP contribution in [0.5, 0.6) is 0 Å². The van der Waals surface area contributed by atoms with E-state index in [1.807, 2.05) is 16.8 Å². The number of primary amides is 1. The maximum absolute atomic E-state index is 11.2. The van der Waals surface area contributed by atoms with Crippen molar-refractivity contribution >= 4 is 35.0 Å². The van der Waals surface area contributed by atoms with Crippen LogP contribution in [-0.4, -0.2) is 32.9 Å². The Morgan fingerprint density at radius 1 is 1.48 bits per heavy atom. The average Bonchev–Trinajstić information content (AvgIpc) is 3.06. The fourth-order valence-corrected chi connectivity index (χ4v) is 3.06. The Balaban J connectivity index is 1.68. The van der Waals surface area contributed by atoms with Crippen LogP contribution in [-0.2, 0) is 11.2 Å². The summed E-state index contributed by atoms with van der Waals surface area (Å²) in [5.41, 5.74) is 4.85. The van der Waals surface area contributed by atoms with Gasteiger partial charge in [0, 0.05) is 23.5 Å². The van der Waals surface area contributed by atoms with Crippen LogP contribution in [0.3, 0.4) is 0 Å². The normalized spacial score (nSPS) is 10.5. The lowest BCUT2D eigenvalue weighted by molar-refractivity contribution is -0.119. The van der Waals surface area contributed by atoms with Crippen molar-refractivity contribution in [3.05, 3.63) is 28.2 Å². The van der Waals surface area contributed by atoms with Crippen molar-refractivity contribution in [3.8, 4) is 0 Å². The third kappa shape index (κ3) is 5.56. The number of nitrogens with one attached hydrogen (secondary N) is 2. The topological polar surface area (TPSA) is 114 Å². The lowest BCUT2D eigenvalue weighted by Gasteiger charge is -1.99. The second-order valence-corrected chi connectivity index (χ2v) is 6.28. The van der Waals surface area contributed by atoms with Gasteiger partial charge in [0.15, 0.2) is 0 Å². The summed E-state index contributed by atoms with van der Waals surface area (Å²) < 4.78 is 0. The number of nitrogens with zero attached hydrogens (tertiary/aromatic N) is 2. The molecule has 0 spiro atoms. The van der Waals surface area contributed by atoms with Crippen molar-refractivity contribution in [2.75, 3.05) is 5.75 Å². The SMILES string of the molecule is NC(=O)NC(=O)CCCSc1n[nH]c(Cc2cccs2)n1. The maximum Gasteiger partial charge on any atom is 0.318 e. The highest BCUT2D eigenvalue weighted by molar-refractivity contribution is 7.99. The van der Waals surface area contributed by atoms with Gasteiger partial charge < -0.3 is 5.73 Å². The van der Waals surface area contributed by atoms with Gasteiger partial charge in [-0.15, -0.1) is 16.4 Å². The molecule has 4 N–H and O–H groups in total. The first-order valence-corrected chi connectivity index (χ1v) is 8.16. The fourth-order valence-electron chi connectivity index (χ4n) is 1.60. The minimum Gasteiger partial charge on any atom is -0.351 e. The van der Waals surface area contributed by atoms with Gasteiger partial charge in [0.05, 0.1) is 0 Å². The molecule has 2 heterocycles. The number of hydrogen-bond acceptors (Lipinski definition) is 6. The molecule has 0 bridgehead atoms. The predicted molar refractivity (Wildman–Crippen MR) is 81.2 cm³/mol. The van der Waals surface area contributed by atoms with E-state index >= 15 is 0 Å². The van der Waals surface area contributed by atoms with E-state index in [1.165, 1.54) is 16.6 Å². The smallest absolute Gasteiger partial charge is 0.318 e. The lowest BCUT2D eigenvalue weighted by Crippen LogP contribution is -2.34. The van der Waals surface area contributed by atoms with Crippen LogP contribution in [0.15, 0.2) is 22.7 Å². The van der Waals surface area contributed by atoms with Crippen molar-refractivity contribution in [3.63, 3.8) is 0 Å². The van der Waals surface area contributed by atoms with E-state index in [2.05, 4.69) is 21.2 Å². The van der Waals surface area contributed by atoms with E-state index in [0.717, 1.165) is 12.2 Å². The highest BCUT2D eigenvalue weighted by Gasteiger charge is 2.07. The molecule has 0 aromatic carbocycles. The third-order valence-electron chi connectivity index (χ3n) is 2.47. The molecule has 21 heavy (non-hydrogen) atoms. The zero-order chi connectivity index (χ0) is 15.1. The Hall–Kier alpha value is -1.87. The van der Waals surface area contributed by atoms with Gasteiger partial charge in [-0.1, -0.05) is 17.8 Å². The monoisotopic (exact) mass is 325 g/mol. The van der Waals surface area contributed by atoms with Gasteiger partial charge >= 0.3 is 6.03 Å². The van der Waals surface area contributed by atoms with Crippen molar-refractivity contribution in [1.29, 1.82) is 0 Å². The zero-order valence-electron chi connectivity index (χ0n) is 11.2. The van der Waals surface area contributed by atoms with Crippen LogP contribution < -0.4 is 11.1 Å². The summed E-state index contributed by atoms with van der Waals surface area (Å²) in [7, 11) is 0. The van der Waals surface area contributed by atoms with Crippen molar-refractivity contribution < 1.29 is 9.59 Å². The summed E-state index contributed by atoms with van der Waals surface area (Å²) in [5.74, 6) is 1.16. The number of carbonyl (C=O) groups excluding carboxylic acids is 2. The van der Waals surface area contributed by atoms with Gasteiger partial charge in [0.25, 0.3) is 0 Å². The number of imide groups is 1. The Labute approximate surface area is 129 Å². The number of aromatic nitrogens is 3. The van der Waals surface area contributed by atoms with Crippen molar-refractivity contribution in [2.24, 2.45) is 5.73 Å². The molecule has 0 saturated heterocycles. The molecule has 2 aromatic rings. The lowest BCUT2D eigenvalue weighted by atomic mass is 10.3. The number of carbonyl (C=O) groups is 2. The number of nitrogens with two attached hydrogens (primary N) is 1. The summed E-state index contributed by atoms with van der Waals surface area (Å²) in [6.07, 6.45) is 1.62. The Kier molecular flexibility index (Phi) is 5.76. The van der Waals surface area contributed by atoms with Crippen molar-refractivity contribution in [1.82, 2.24) is 20.5 Å². The molecule has 9 heteroatoms. The molecule has 0 aliphatic carbocycles. The van der Waals surface area contributed by atoms with Gasteiger partial charge in [0.1, 0.15) is 5.82 Å². The average molecular weight is 325 g/mol. The molecule has 7 nitrogen and oxygen atoms in total. The van der Waals surface area contributed by atoms with Crippen LogP contribution in [0.1, 0.15) is 23.5 Å². The number of rotatable bonds is 7. The van der Waals surface area contributed by atoms with Gasteiger partial charge in [-0.25, -0.2) is 9.78 Å². The minimum atomic E-state index is -0.820. The van der Waals surface area contributed by atoms with Gasteiger partial charge in [-0.2, -0.15) is 0 Å². The van der Waals surface area contributed by atoms with E-state index in [-0.39, 0.29) is 12.3 Å². The first-order chi connectivity index (χ1) is 10.1. The molecule has 0 radical (unpaired) electrons. The van der Waals surface area contributed by atoms with E-state index in [0.29, 0.717) is 17.3 Å². The predicted octanol–water partition coefficient (Wildman–Crippen LogP) is 1.52. The number of thiophene rings is 1. The highest BCUT2D eigenvalue weighted by Crippen LogP contribution is 2.17. The molecule has 2 aromatic heterocycles. The number of amides is 3.